The summed E-state index contributed by atoms with van der Waals surface area (Å²) in [5.41, 5.74) is -0.858. The van der Waals surface area contributed by atoms with Crippen molar-refractivity contribution in [2.24, 2.45) is 0 Å². The second kappa shape index (κ2) is 9.55. The Balaban J connectivity index is 1.94. The first-order chi connectivity index (χ1) is 14.8. The van der Waals surface area contributed by atoms with Gasteiger partial charge < -0.3 is 9.64 Å². The monoisotopic (exact) mass is 427 g/mol. The number of carbonyl (C=O) groups excluding carboxylic acids is 3. The number of hydrogen-bond donors (Lipinski definition) is 0. The van der Waals surface area contributed by atoms with Gasteiger partial charge in [0.15, 0.2) is 5.78 Å². The Morgan fingerprint density at radius 3 is 2.48 bits per heavy atom. The zero-order valence-corrected chi connectivity index (χ0v) is 17.6. The summed E-state index contributed by atoms with van der Waals surface area (Å²) in [5, 5.41) is 0. The van der Waals surface area contributed by atoms with Gasteiger partial charge in [0.1, 0.15) is 12.6 Å². The molecule has 1 atom stereocenters. The fourth-order valence-electron chi connectivity index (χ4n) is 3.70. The number of rotatable bonds is 7. The van der Waals surface area contributed by atoms with Gasteiger partial charge in [-0.05, 0) is 32.3 Å². The third-order valence-electron chi connectivity index (χ3n) is 5.24. The molecule has 164 valence electrons. The second-order valence-electron chi connectivity index (χ2n) is 7.38. The summed E-state index contributed by atoms with van der Waals surface area (Å²) in [6.45, 7) is 3.10. The Bertz CT molecular complexity index is 1100. The molecule has 1 saturated heterocycles. The fourth-order valence-corrected chi connectivity index (χ4v) is 3.70. The van der Waals surface area contributed by atoms with Gasteiger partial charge in [0.25, 0.3) is 5.56 Å². The fraction of sp³-hybridized carbons (Fsp3) is 0.409. The van der Waals surface area contributed by atoms with Gasteiger partial charge in [-0.15, -0.1) is 0 Å². The Labute approximate surface area is 178 Å². The van der Waals surface area contributed by atoms with Gasteiger partial charge in [-0.3, -0.25) is 23.5 Å². The lowest BCUT2D eigenvalue weighted by molar-refractivity contribution is -0.153. The number of amides is 1. The number of ketones is 1. The van der Waals surface area contributed by atoms with Crippen molar-refractivity contribution >= 4 is 17.7 Å². The smallest absolute Gasteiger partial charge is 0.331 e. The topological polar surface area (TPSA) is 108 Å². The summed E-state index contributed by atoms with van der Waals surface area (Å²) in [5.74, 6) is -1.42. The highest BCUT2D eigenvalue weighted by Crippen LogP contribution is 2.19. The largest absolute Gasteiger partial charge is 0.464 e. The summed E-state index contributed by atoms with van der Waals surface area (Å²) < 4.78 is 7.05. The van der Waals surface area contributed by atoms with E-state index in [9.17, 15) is 24.0 Å². The molecule has 1 aromatic heterocycles. The second-order valence-corrected chi connectivity index (χ2v) is 7.38. The number of likely N-dealkylation sites (tertiary alicyclic amines) is 1. The minimum atomic E-state index is -0.698. The number of benzene rings is 1. The number of hydrogen-bond acceptors (Lipinski definition) is 6. The van der Waals surface area contributed by atoms with E-state index in [1.54, 1.807) is 31.2 Å². The standard InChI is InChI=1S/C22H25N3O6/c1-3-31-21(29)18-10-7-11-24(18)19(27)14-23-13-17(15(2)26)20(28)25(22(23)30)12-16-8-5-4-6-9-16/h4-6,8-9,13,18H,3,7,10-12,14H2,1-2H3. The molecule has 1 aliphatic heterocycles. The predicted octanol–water partition coefficient (Wildman–Crippen LogP) is 0.815. The van der Waals surface area contributed by atoms with Crippen molar-refractivity contribution in [1.82, 2.24) is 14.0 Å². The molecule has 1 aliphatic rings. The quantitative estimate of drug-likeness (QED) is 0.478. The molecule has 1 aromatic carbocycles. The molecule has 2 aromatic rings. The van der Waals surface area contributed by atoms with Crippen LogP contribution in [0.2, 0.25) is 0 Å². The third-order valence-corrected chi connectivity index (χ3v) is 5.24. The normalized spacial score (nSPS) is 15.7. The maximum Gasteiger partial charge on any atom is 0.331 e. The molecule has 1 unspecified atom stereocenters. The van der Waals surface area contributed by atoms with Crippen LogP contribution in [0.5, 0.6) is 0 Å². The average molecular weight is 427 g/mol. The van der Waals surface area contributed by atoms with E-state index in [2.05, 4.69) is 0 Å². The van der Waals surface area contributed by atoms with Crippen LogP contribution in [0.3, 0.4) is 0 Å². The minimum Gasteiger partial charge on any atom is -0.464 e. The minimum absolute atomic E-state index is 0.0248. The maximum atomic E-state index is 13.0. The molecule has 1 fully saturated rings. The van der Waals surface area contributed by atoms with Crippen LogP contribution in [0.15, 0.2) is 46.1 Å². The lowest BCUT2D eigenvalue weighted by atomic mass is 10.2. The van der Waals surface area contributed by atoms with Crippen LogP contribution in [0.4, 0.5) is 0 Å². The van der Waals surface area contributed by atoms with E-state index < -0.39 is 35.0 Å². The van der Waals surface area contributed by atoms with Crippen LogP contribution in [-0.4, -0.2) is 50.9 Å². The van der Waals surface area contributed by atoms with E-state index in [4.69, 9.17) is 4.74 Å². The van der Waals surface area contributed by atoms with Gasteiger partial charge in [0.05, 0.1) is 18.7 Å². The molecule has 31 heavy (non-hydrogen) atoms. The van der Waals surface area contributed by atoms with Crippen LogP contribution in [-0.2, 0) is 27.4 Å². The zero-order valence-electron chi connectivity index (χ0n) is 17.6. The van der Waals surface area contributed by atoms with E-state index in [0.717, 1.165) is 15.3 Å². The maximum absolute atomic E-state index is 13.0. The van der Waals surface area contributed by atoms with Gasteiger partial charge in [-0.1, -0.05) is 30.3 Å². The summed E-state index contributed by atoms with van der Waals surface area (Å²) in [6, 6.07) is 8.20. The van der Waals surface area contributed by atoms with Crippen molar-refractivity contribution < 1.29 is 19.1 Å². The van der Waals surface area contributed by atoms with Crippen molar-refractivity contribution in [3.8, 4) is 0 Å². The van der Waals surface area contributed by atoms with Gasteiger partial charge in [0.2, 0.25) is 5.91 Å². The van der Waals surface area contributed by atoms with Crippen molar-refractivity contribution in [2.75, 3.05) is 13.2 Å². The molecule has 2 heterocycles. The number of carbonyl (C=O) groups is 3. The predicted molar refractivity (Wildman–Crippen MR) is 112 cm³/mol. The number of aromatic nitrogens is 2. The highest BCUT2D eigenvalue weighted by atomic mass is 16.5. The molecular weight excluding hydrogens is 402 g/mol. The summed E-state index contributed by atoms with van der Waals surface area (Å²) in [4.78, 5) is 64.2. The molecule has 0 bridgehead atoms. The summed E-state index contributed by atoms with van der Waals surface area (Å²) in [6.07, 6.45) is 2.27. The van der Waals surface area contributed by atoms with Gasteiger partial charge in [0, 0.05) is 12.7 Å². The Hall–Kier alpha value is -3.49. The number of ether oxygens (including phenoxy) is 1. The van der Waals surface area contributed by atoms with Crippen LogP contribution in [0.25, 0.3) is 0 Å². The summed E-state index contributed by atoms with van der Waals surface area (Å²) in [7, 11) is 0. The first kappa shape index (κ1) is 22.2. The molecule has 1 amide bonds. The molecule has 3 rings (SSSR count). The molecule has 0 saturated carbocycles. The molecule has 9 nitrogen and oxygen atoms in total. The number of Topliss-reactive ketones (excluding diaryl/α,β-unsaturated/α-hetero) is 1. The first-order valence-corrected chi connectivity index (χ1v) is 10.2. The average Bonchev–Trinajstić information content (AvgIpc) is 3.24. The zero-order chi connectivity index (χ0) is 22.5. The molecule has 0 spiro atoms. The Morgan fingerprint density at radius 1 is 1.13 bits per heavy atom. The highest BCUT2D eigenvalue weighted by Gasteiger charge is 2.35. The van der Waals surface area contributed by atoms with Crippen molar-refractivity contribution in [3.05, 3.63) is 68.5 Å². The van der Waals surface area contributed by atoms with Crippen molar-refractivity contribution in [3.63, 3.8) is 0 Å². The molecular formula is C22H25N3O6. The van der Waals surface area contributed by atoms with Crippen LogP contribution in [0, 0.1) is 0 Å². The van der Waals surface area contributed by atoms with E-state index in [1.807, 2.05) is 6.07 Å². The lowest BCUT2D eigenvalue weighted by Crippen LogP contribution is -2.47. The van der Waals surface area contributed by atoms with E-state index in [-0.39, 0.29) is 25.3 Å². The highest BCUT2D eigenvalue weighted by molar-refractivity contribution is 5.93. The van der Waals surface area contributed by atoms with Crippen LogP contribution >= 0.6 is 0 Å². The molecule has 9 heteroatoms. The van der Waals surface area contributed by atoms with Gasteiger partial charge >= 0.3 is 11.7 Å². The molecule has 0 radical (unpaired) electrons. The Morgan fingerprint density at radius 2 is 1.84 bits per heavy atom. The van der Waals surface area contributed by atoms with Crippen LogP contribution in [0.1, 0.15) is 42.6 Å². The molecule has 0 aliphatic carbocycles. The Kier molecular flexibility index (Phi) is 6.84. The molecule has 0 N–H and O–H groups in total. The lowest BCUT2D eigenvalue weighted by Gasteiger charge is -2.23. The van der Waals surface area contributed by atoms with E-state index >= 15 is 0 Å². The summed E-state index contributed by atoms with van der Waals surface area (Å²) >= 11 is 0. The van der Waals surface area contributed by atoms with Gasteiger partial charge in [-0.2, -0.15) is 0 Å². The van der Waals surface area contributed by atoms with Gasteiger partial charge in [-0.25, -0.2) is 9.59 Å². The van der Waals surface area contributed by atoms with E-state index in [0.29, 0.717) is 24.9 Å². The van der Waals surface area contributed by atoms with Crippen molar-refractivity contribution in [2.45, 2.75) is 45.8 Å². The van der Waals surface area contributed by atoms with E-state index in [1.165, 1.54) is 11.8 Å². The SMILES string of the molecule is CCOC(=O)C1CCCN1C(=O)Cn1cc(C(C)=O)c(=O)n(Cc2ccccc2)c1=O. The third kappa shape index (κ3) is 4.82. The van der Waals surface area contributed by atoms with Crippen LogP contribution < -0.4 is 11.2 Å². The first-order valence-electron chi connectivity index (χ1n) is 10.2. The number of nitrogens with zero attached hydrogens (tertiary/aromatic N) is 3. The van der Waals surface area contributed by atoms with Crippen molar-refractivity contribution in [1.29, 1.82) is 0 Å². The number of esters is 1.